The average molecular weight is 364 g/mol. The highest BCUT2D eigenvalue weighted by atomic mass is 32.2. The van der Waals surface area contributed by atoms with Gasteiger partial charge in [-0.05, 0) is 24.6 Å². The number of benzene rings is 2. The van der Waals surface area contributed by atoms with Crippen molar-refractivity contribution in [2.75, 3.05) is 18.1 Å². The Morgan fingerprint density at radius 1 is 1.12 bits per heavy atom. The van der Waals surface area contributed by atoms with Gasteiger partial charge in [-0.2, -0.15) is 4.31 Å². The van der Waals surface area contributed by atoms with Crippen molar-refractivity contribution < 1.29 is 17.6 Å². The molecule has 5 nitrogen and oxygen atoms in total. The molecule has 25 heavy (non-hydrogen) atoms. The second kappa shape index (κ2) is 8.22. The molecule has 2 rings (SSSR count). The minimum absolute atomic E-state index is 0.0208. The summed E-state index contributed by atoms with van der Waals surface area (Å²) in [7, 11) is -3.47. The van der Waals surface area contributed by atoms with Gasteiger partial charge in [0.15, 0.2) is 0 Å². The summed E-state index contributed by atoms with van der Waals surface area (Å²) in [5.41, 5.74) is 2.00. The van der Waals surface area contributed by atoms with Crippen LogP contribution < -0.4 is 5.32 Å². The van der Waals surface area contributed by atoms with Gasteiger partial charge in [0.2, 0.25) is 15.9 Å². The van der Waals surface area contributed by atoms with Crippen LogP contribution in [0.2, 0.25) is 0 Å². The smallest absolute Gasteiger partial charge is 0.225 e. The number of carbonyl (C=O) groups is 1. The first-order chi connectivity index (χ1) is 11.8. The molecule has 7 heteroatoms. The number of nitrogens with one attached hydrogen (secondary N) is 1. The van der Waals surface area contributed by atoms with Gasteiger partial charge in [0.05, 0.1) is 11.9 Å². The summed E-state index contributed by atoms with van der Waals surface area (Å²) in [5, 5.41) is 2.45. The quantitative estimate of drug-likeness (QED) is 0.821. The van der Waals surface area contributed by atoms with Crippen LogP contribution >= 0.6 is 0 Å². The number of sulfonamides is 1. The number of hydrogen-bond acceptors (Lipinski definition) is 3. The molecule has 0 saturated carbocycles. The van der Waals surface area contributed by atoms with Crippen molar-refractivity contribution in [3.63, 3.8) is 0 Å². The Hall–Kier alpha value is -2.25. The summed E-state index contributed by atoms with van der Waals surface area (Å²) < 4.78 is 38.7. The third-order valence-electron chi connectivity index (χ3n) is 3.68. The third-order valence-corrected chi connectivity index (χ3v) is 4.93. The van der Waals surface area contributed by atoms with Crippen molar-refractivity contribution in [2.24, 2.45) is 0 Å². The van der Waals surface area contributed by atoms with Crippen LogP contribution in [0, 0.1) is 12.7 Å². The van der Waals surface area contributed by atoms with Gasteiger partial charge < -0.3 is 5.32 Å². The van der Waals surface area contributed by atoms with Crippen LogP contribution in [-0.2, 0) is 21.4 Å². The number of carbonyl (C=O) groups excluding carboxylic acids is 1. The van der Waals surface area contributed by atoms with E-state index in [2.05, 4.69) is 5.32 Å². The molecule has 1 N–H and O–H groups in total. The molecule has 134 valence electrons. The van der Waals surface area contributed by atoms with Crippen molar-refractivity contribution in [3.05, 3.63) is 65.5 Å². The first kappa shape index (κ1) is 19.1. The highest BCUT2D eigenvalue weighted by Crippen LogP contribution is 2.14. The lowest BCUT2D eigenvalue weighted by atomic mass is 10.1. The molecule has 0 fully saturated rings. The van der Waals surface area contributed by atoms with Gasteiger partial charge in [0.25, 0.3) is 0 Å². The van der Waals surface area contributed by atoms with E-state index in [1.165, 1.54) is 22.5 Å². The fourth-order valence-corrected chi connectivity index (χ4v) is 3.07. The molecule has 2 aromatic carbocycles. The maximum atomic E-state index is 13.5. The van der Waals surface area contributed by atoms with Gasteiger partial charge in [-0.15, -0.1) is 0 Å². The summed E-state index contributed by atoms with van der Waals surface area (Å²) in [4.78, 5) is 12.0. The summed E-state index contributed by atoms with van der Waals surface area (Å²) in [5.74, 6) is -0.974. The third kappa shape index (κ3) is 5.95. The lowest BCUT2D eigenvalue weighted by Crippen LogP contribution is -2.32. The van der Waals surface area contributed by atoms with Gasteiger partial charge in [-0.1, -0.05) is 42.0 Å². The molecule has 0 heterocycles. The average Bonchev–Trinajstić information content (AvgIpc) is 2.54. The van der Waals surface area contributed by atoms with Crippen molar-refractivity contribution in [3.8, 4) is 0 Å². The zero-order chi connectivity index (χ0) is 18.4. The minimum atomic E-state index is -3.47. The van der Waals surface area contributed by atoms with Crippen LogP contribution in [-0.4, -0.2) is 31.4 Å². The molecular formula is C18H21FN2O3S. The second-order valence-corrected chi connectivity index (χ2v) is 7.84. The molecule has 0 saturated heterocycles. The highest BCUT2D eigenvalue weighted by Gasteiger charge is 2.18. The minimum Gasteiger partial charge on any atom is -0.324 e. The predicted molar refractivity (Wildman–Crippen MR) is 96.1 cm³/mol. The molecule has 0 radical (unpaired) electrons. The number of para-hydroxylation sites is 1. The van der Waals surface area contributed by atoms with E-state index in [4.69, 9.17) is 0 Å². The van der Waals surface area contributed by atoms with Gasteiger partial charge >= 0.3 is 0 Å². The molecule has 2 aromatic rings. The molecule has 1 amide bonds. The number of amides is 1. The topological polar surface area (TPSA) is 66.5 Å². The fraction of sp³-hybridized carbons (Fsp3) is 0.278. The molecule has 0 aliphatic carbocycles. The summed E-state index contributed by atoms with van der Waals surface area (Å²) in [6.45, 7) is 2.16. The SMILES string of the molecule is Cc1ccc(CN(CCC(=O)Nc2ccccc2F)S(C)(=O)=O)cc1. The van der Waals surface area contributed by atoms with Crippen molar-refractivity contribution >= 4 is 21.6 Å². The van der Waals surface area contributed by atoms with Crippen LogP contribution in [0.15, 0.2) is 48.5 Å². The standard InChI is InChI=1S/C18H21FN2O3S/c1-14-7-9-15(10-8-14)13-21(25(2,23)24)12-11-18(22)20-17-6-4-3-5-16(17)19/h3-10H,11-13H2,1-2H3,(H,20,22). The van der Waals surface area contributed by atoms with Crippen LogP contribution in [0.25, 0.3) is 0 Å². The normalized spacial score (nSPS) is 11.5. The molecular weight excluding hydrogens is 343 g/mol. The summed E-state index contributed by atoms with van der Waals surface area (Å²) >= 11 is 0. The predicted octanol–water partition coefficient (Wildman–Crippen LogP) is 2.92. The molecule has 0 bridgehead atoms. The van der Waals surface area contributed by atoms with Crippen molar-refractivity contribution in [1.82, 2.24) is 4.31 Å². The molecule has 0 unspecified atom stereocenters. The Morgan fingerprint density at radius 3 is 2.36 bits per heavy atom. The summed E-state index contributed by atoms with van der Waals surface area (Å²) in [6.07, 6.45) is 1.04. The Kier molecular flexibility index (Phi) is 6.27. The van der Waals surface area contributed by atoms with E-state index in [0.717, 1.165) is 17.4 Å². The van der Waals surface area contributed by atoms with Gasteiger partial charge in [0.1, 0.15) is 5.82 Å². The zero-order valence-electron chi connectivity index (χ0n) is 14.2. The Labute approximate surface area is 147 Å². The largest absolute Gasteiger partial charge is 0.324 e. The van der Waals surface area contributed by atoms with Gasteiger partial charge in [0, 0.05) is 19.5 Å². The van der Waals surface area contributed by atoms with Crippen molar-refractivity contribution in [1.29, 1.82) is 0 Å². The molecule has 0 spiro atoms. The number of rotatable bonds is 7. The number of hydrogen-bond donors (Lipinski definition) is 1. The first-order valence-electron chi connectivity index (χ1n) is 7.81. The van der Waals surface area contributed by atoms with Crippen LogP contribution in [0.4, 0.5) is 10.1 Å². The number of halogens is 1. The van der Waals surface area contributed by atoms with E-state index in [1.807, 2.05) is 31.2 Å². The Morgan fingerprint density at radius 2 is 1.76 bits per heavy atom. The maximum Gasteiger partial charge on any atom is 0.225 e. The van der Waals surface area contributed by atoms with E-state index in [9.17, 15) is 17.6 Å². The van der Waals surface area contributed by atoms with E-state index < -0.39 is 21.7 Å². The maximum absolute atomic E-state index is 13.5. The summed E-state index contributed by atoms with van der Waals surface area (Å²) in [6, 6.07) is 13.3. The van der Waals surface area contributed by atoms with Crippen LogP contribution in [0.1, 0.15) is 17.5 Å². The van der Waals surface area contributed by atoms with E-state index in [0.29, 0.717) is 0 Å². The molecule has 0 aromatic heterocycles. The number of anilines is 1. The molecule has 0 aliphatic heterocycles. The Balaban J connectivity index is 1.99. The monoisotopic (exact) mass is 364 g/mol. The van der Waals surface area contributed by atoms with Gasteiger partial charge in [-0.3, -0.25) is 4.79 Å². The zero-order valence-corrected chi connectivity index (χ0v) is 15.0. The highest BCUT2D eigenvalue weighted by molar-refractivity contribution is 7.88. The molecule has 0 aliphatic rings. The van der Waals surface area contributed by atoms with E-state index in [1.54, 1.807) is 6.07 Å². The number of nitrogens with zero attached hydrogens (tertiary/aromatic N) is 1. The van der Waals surface area contributed by atoms with Crippen molar-refractivity contribution in [2.45, 2.75) is 19.9 Å². The second-order valence-electron chi connectivity index (χ2n) is 5.86. The van der Waals surface area contributed by atoms with Gasteiger partial charge in [-0.25, -0.2) is 12.8 Å². The fourth-order valence-electron chi connectivity index (χ4n) is 2.26. The lowest BCUT2D eigenvalue weighted by Gasteiger charge is -2.20. The van der Waals surface area contributed by atoms with E-state index >= 15 is 0 Å². The molecule has 0 atom stereocenters. The van der Waals surface area contributed by atoms with Crippen LogP contribution in [0.3, 0.4) is 0 Å². The lowest BCUT2D eigenvalue weighted by molar-refractivity contribution is -0.116. The van der Waals surface area contributed by atoms with Crippen LogP contribution in [0.5, 0.6) is 0 Å². The Bertz CT molecular complexity index is 836. The van der Waals surface area contributed by atoms with E-state index in [-0.39, 0.29) is 25.2 Å². The number of aryl methyl sites for hydroxylation is 1. The first-order valence-corrected chi connectivity index (χ1v) is 9.65.